The number of hydrogen-bond donors (Lipinski definition) is 1. The largest absolute Gasteiger partial charge is 0.717 e. The predicted molar refractivity (Wildman–Crippen MR) is 65.1 cm³/mol. The van der Waals surface area contributed by atoms with Crippen LogP contribution in [0.3, 0.4) is 0 Å². The molecule has 0 aromatic heterocycles. The van der Waals surface area contributed by atoms with E-state index in [-0.39, 0.29) is 0 Å². The van der Waals surface area contributed by atoms with Crippen molar-refractivity contribution in [3.05, 3.63) is 50.6 Å². The first kappa shape index (κ1) is 20.3. The van der Waals surface area contributed by atoms with E-state index in [1.54, 1.807) is 0 Å². The van der Waals surface area contributed by atoms with Crippen LogP contribution in [0.5, 0.6) is 0 Å². The Balaban J connectivity index is 5.54. The van der Waals surface area contributed by atoms with Crippen LogP contribution in [0.4, 0.5) is 0 Å². The molecule has 0 aromatic carbocycles. The molecule has 0 radical (unpaired) electrons. The lowest BCUT2D eigenvalue weighted by Gasteiger charge is -2.21. The maximum atomic E-state index is 11.7. The van der Waals surface area contributed by atoms with Crippen LogP contribution >= 0.6 is 0 Å². The minimum absolute atomic E-state index is 0.542. The average Bonchev–Trinajstić information content (AvgIpc) is 2.35. The number of carbonyl (C=O) groups excluding carboxylic acids is 1. The Kier molecular flexibility index (Phi) is 5.93. The molecule has 0 aliphatic rings. The standard InChI is InChI=1S/C6H8N6O12/c1-5(3-8(14)15,24-12(22)23)4(13)7-2-6(9(16)17,10(18)19)11(20)21/h2-3H2,1H3,(H,7,13). The number of rotatable bonds is 10. The lowest BCUT2D eigenvalue weighted by Crippen LogP contribution is -2.62. The van der Waals surface area contributed by atoms with Crippen molar-refractivity contribution in [2.75, 3.05) is 13.1 Å². The summed E-state index contributed by atoms with van der Waals surface area (Å²) in [5.41, 5.74) is -2.83. The monoisotopic (exact) mass is 356 g/mol. The third kappa shape index (κ3) is 4.14. The molecule has 0 saturated heterocycles. The lowest BCUT2D eigenvalue weighted by atomic mass is 10.1. The van der Waals surface area contributed by atoms with Gasteiger partial charge in [0.15, 0.2) is 14.8 Å². The highest BCUT2D eigenvalue weighted by molar-refractivity contribution is 5.84. The highest BCUT2D eigenvalue weighted by Crippen LogP contribution is 2.15. The molecule has 1 N–H and O–H groups in total. The number of nitrogens with one attached hydrogen (secondary N) is 1. The van der Waals surface area contributed by atoms with E-state index in [1.165, 1.54) is 5.32 Å². The highest BCUT2D eigenvalue weighted by Gasteiger charge is 2.71. The van der Waals surface area contributed by atoms with Gasteiger partial charge in [0.1, 0.15) is 0 Å². The van der Waals surface area contributed by atoms with Crippen LogP contribution in [0, 0.1) is 50.6 Å². The first-order valence-electron chi connectivity index (χ1n) is 5.46. The molecule has 0 bridgehead atoms. The van der Waals surface area contributed by atoms with Crippen molar-refractivity contribution in [2.45, 2.75) is 18.3 Å². The molecule has 1 unspecified atom stereocenters. The number of hydrogen-bond acceptors (Lipinski definition) is 12. The van der Waals surface area contributed by atoms with E-state index in [4.69, 9.17) is 0 Å². The van der Waals surface area contributed by atoms with Crippen LogP contribution in [0.15, 0.2) is 0 Å². The Morgan fingerprint density at radius 2 is 1.38 bits per heavy atom. The summed E-state index contributed by atoms with van der Waals surface area (Å²) < 4.78 is 0. The van der Waals surface area contributed by atoms with Gasteiger partial charge in [-0.25, -0.2) is 0 Å². The van der Waals surface area contributed by atoms with E-state index in [0.29, 0.717) is 6.92 Å². The molecule has 134 valence electrons. The average molecular weight is 356 g/mol. The SMILES string of the molecule is CC(C[N+](=O)[O-])(O[N+](=O)[O-])C(=O)NCC([N+](=O)[O-])([N+](=O)[O-])[N+](=O)[O-]. The van der Waals surface area contributed by atoms with Gasteiger partial charge in [-0.15, -0.1) is 10.1 Å². The molecular weight excluding hydrogens is 348 g/mol. The van der Waals surface area contributed by atoms with E-state index in [1.807, 2.05) is 0 Å². The van der Waals surface area contributed by atoms with Crippen molar-refractivity contribution >= 4 is 5.91 Å². The Bertz CT molecular complexity index is 549. The zero-order chi connectivity index (χ0) is 19.3. The van der Waals surface area contributed by atoms with Crippen molar-refractivity contribution < 1.29 is 34.4 Å². The summed E-state index contributed by atoms with van der Waals surface area (Å²) in [7, 11) is 0. The molecule has 0 saturated carbocycles. The van der Waals surface area contributed by atoms with Crippen LogP contribution in [-0.2, 0) is 9.63 Å². The molecule has 18 nitrogen and oxygen atoms in total. The van der Waals surface area contributed by atoms with Gasteiger partial charge in [-0.3, -0.25) is 50.1 Å². The van der Waals surface area contributed by atoms with Gasteiger partial charge in [0.2, 0.25) is 13.1 Å². The number of amides is 1. The highest BCUT2D eigenvalue weighted by atomic mass is 17.0. The maximum absolute atomic E-state index is 11.7. The van der Waals surface area contributed by atoms with Crippen molar-refractivity contribution in [1.29, 1.82) is 0 Å². The molecule has 1 amide bonds. The first-order chi connectivity index (χ1) is 10.8. The fourth-order valence-electron chi connectivity index (χ4n) is 1.33. The smallest absolute Gasteiger partial charge is 0.333 e. The van der Waals surface area contributed by atoms with Gasteiger partial charge in [-0.05, 0) is 6.92 Å². The fourth-order valence-corrected chi connectivity index (χ4v) is 1.33. The lowest BCUT2D eigenvalue weighted by molar-refractivity contribution is -0.966. The topological polar surface area (TPSA) is 254 Å². The molecule has 18 heteroatoms. The maximum Gasteiger partial charge on any atom is 0.717 e. The molecule has 0 fully saturated rings. The zero-order valence-electron chi connectivity index (χ0n) is 11.5. The Labute approximate surface area is 129 Å². The molecule has 0 aromatic rings. The third-order valence-corrected chi connectivity index (χ3v) is 2.55. The second-order valence-electron chi connectivity index (χ2n) is 4.26. The molecule has 0 aliphatic carbocycles. The summed E-state index contributed by atoms with van der Waals surface area (Å²) in [5, 5.41) is 52.4. The van der Waals surface area contributed by atoms with Crippen LogP contribution in [0.2, 0.25) is 0 Å². The molecule has 0 rings (SSSR count). The quantitative estimate of drug-likeness (QED) is 0.249. The molecule has 0 heterocycles. The second kappa shape index (κ2) is 7.02. The van der Waals surface area contributed by atoms with Crippen LogP contribution in [0.1, 0.15) is 6.92 Å². The van der Waals surface area contributed by atoms with E-state index >= 15 is 0 Å². The van der Waals surface area contributed by atoms with Crippen molar-refractivity contribution in [2.24, 2.45) is 0 Å². The van der Waals surface area contributed by atoms with Crippen LogP contribution in [0.25, 0.3) is 0 Å². The van der Waals surface area contributed by atoms with Gasteiger partial charge >= 0.3 is 5.79 Å². The number of nitrogens with zero attached hydrogens (tertiary/aromatic N) is 5. The van der Waals surface area contributed by atoms with Crippen molar-refractivity contribution in [1.82, 2.24) is 5.32 Å². The molecular formula is C6H8N6O12. The summed E-state index contributed by atoms with van der Waals surface area (Å²) in [4.78, 5) is 61.3. The summed E-state index contributed by atoms with van der Waals surface area (Å²) >= 11 is 0. The number of nitro groups is 4. The molecule has 0 spiro atoms. The fraction of sp³-hybridized carbons (Fsp3) is 0.833. The van der Waals surface area contributed by atoms with Crippen molar-refractivity contribution in [3.8, 4) is 0 Å². The third-order valence-electron chi connectivity index (χ3n) is 2.55. The van der Waals surface area contributed by atoms with Gasteiger partial charge in [0.25, 0.3) is 16.6 Å². The minimum atomic E-state index is -4.08. The van der Waals surface area contributed by atoms with Crippen LogP contribution in [-0.4, -0.2) is 55.2 Å². The van der Waals surface area contributed by atoms with E-state index < -0.39 is 55.2 Å². The summed E-state index contributed by atoms with van der Waals surface area (Å²) in [6, 6.07) is 0. The van der Waals surface area contributed by atoms with Gasteiger partial charge in [-0.1, -0.05) is 0 Å². The summed E-state index contributed by atoms with van der Waals surface area (Å²) in [6.45, 7) is -2.80. The van der Waals surface area contributed by atoms with Crippen LogP contribution < -0.4 is 5.32 Å². The van der Waals surface area contributed by atoms with E-state index in [2.05, 4.69) is 4.84 Å². The Morgan fingerprint density at radius 1 is 0.958 bits per heavy atom. The number of carbonyl (C=O) groups is 1. The van der Waals surface area contributed by atoms with E-state index in [9.17, 15) is 55.4 Å². The second-order valence-corrected chi connectivity index (χ2v) is 4.26. The summed E-state index contributed by atoms with van der Waals surface area (Å²) in [5.74, 6) is -5.86. The van der Waals surface area contributed by atoms with Gasteiger partial charge < -0.3 is 5.32 Å². The van der Waals surface area contributed by atoms with Gasteiger partial charge in [-0.2, -0.15) is 0 Å². The normalized spacial score (nSPS) is 13.2. The van der Waals surface area contributed by atoms with Gasteiger partial charge in [0, 0.05) is 4.92 Å². The van der Waals surface area contributed by atoms with Gasteiger partial charge in [0.05, 0.1) is 0 Å². The Hall–Kier alpha value is -3.73. The molecule has 0 aliphatic heterocycles. The van der Waals surface area contributed by atoms with Crippen molar-refractivity contribution in [3.63, 3.8) is 0 Å². The molecule has 24 heavy (non-hydrogen) atoms. The summed E-state index contributed by atoms with van der Waals surface area (Å²) in [6.07, 6.45) is 0. The molecule has 1 atom stereocenters. The first-order valence-corrected chi connectivity index (χ1v) is 5.46. The zero-order valence-corrected chi connectivity index (χ0v) is 11.5. The minimum Gasteiger partial charge on any atom is -0.333 e. The Morgan fingerprint density at radius 3 is 1.67 bits per heavy atom. The van der Waals surface area contributed by atoms with E-state index in [0.717, 1.165) is 0 Å². The predicted octanol–water partition coefficient (Wildman–Crippen LogP) is -2.17.